The molecular formula is C13H26N2. The zero-order valence-corrected chi connectivity index (χ0v) is 10.4. The Morgan fingerprint density at radius 3 is 2.73 bits per heavy atom. The van der Waals surface area contributed by atoms with Crippen LogP contribution in [0.5, 0.6) is 0 Å². The standard InChI is InChI=1S/C13H26N2/c1-4-5-10-15(3)11-12-8-6-7-9-13(12)14-2/h12-13H,2,4-11H2,1,3H3/t12-,13+/m1/s1. The molecule has 1 rings (SSSR count). The molecule has 2 nitrogen and oxygen atoms in total. The molecule has 2 atom stereocenters. The SMILES string of the molecule is C=N[C@H]1CCCC[C@@H]1CN(C)CCCC. The van der Waals surface area contributed by atoms with Crippen molar-refractivity contribution in [1.29, 1.82) is 0 Å². The predicted octanol–water partition coefficient (Wildman–Crippen LogP) is 2.98. The monoisotopic (exact) mass is 210 g/mol. The summed E-state index contributed by atoms with van der Waals surface area (Å²) in [6, 6.07) is 0.530. The van der Waals surface area contributed by atoms with E-state index in [-0.39, 0.29) is 0 Å². The van der Waals surface area contributed by atoms with Crippen LogP contribution in [0.4, 0.5) is 0 Å². The summed E-state index contributed by atoms with van der Waals surface area (Å²) in [5, 5.41) is 0. The molecule has 0 saturated heterocycles. The van der Waals surface area contributed by atoms with Crippen LogP contribution in [0, 0.1) is 5.92 Å². The maximum atomic E-state index is 4.29. The molecule has 0 heterocycles. The van der Waals surface area contributed by atoms with Gasteiger partial charge in [0.1, 0.15) is 0 Å². The van der Waals surface area contributed by atoms with Crippen molar-refractivity contribution in [2.45, 2.75) is 51.5 Å². The molecule has 0 N–H and O–H groups in total. The summed E-state index contributed by atoms with van der Waals surface area (Å²) in [4.78, 5) is 6.76. The fourth-order valence-corrected chi connectivity index (χ4v) is 2.56. The van der Waals surface area contributed by atoms with E-state index in [1.165, 1.54) is 51.6 Å². The van der Waals surface area contributed by atoms with Gasteiger partial charge in [-0.1, -0.05) is 26.2 Å². The highest BCUT2D eigenvalue weighted by Gasteiger charge is 2.24. The van der Waals surface area contributed by atoms with E-state index in [0.29, 0.717) is 6.04 Å². The number of nitrogens with zero attached hydrogens (tertiary/aromatic N) is 2. The summed E-state index contributed by atoms with van der Waals surface area (Å²) >= 11 is 0. The van der Waals surface area contributed by atoms with Crippen LogP contribution in [0.1, 0.15) is 45.4 Å². The molecule has 1 aliphatic carbocycles. The molecule has 0 amide bonds. The van der Waals surface area contributed by atoms with Gasteiger partial charge >= 0.3 is 0 Å². The van der Waals surface area contributed by atoms with Crippen molar-refractivity contribution in [3.05, 3.63) is 0 Å². The number of unbranched alkanes of at least 4 members (excludes halogenated alkanes) is 1. The van der Waals surface area contributed by atoms with E-state index in [1.54, 1.807) is 0 Å². The van der Waals surface area contributed by atoms with Gasteiger partial charge in [-0.2, -0.15) is 0 Å². The van der Waals surface area contributed by atoms with Gasteiger partial charge in [0, 0.05) is 6.54 Å². The zero-order valence-electron chi connectivity index (χ0n) is 10.4. The van der Waals surface area contributed by atoms with Crippen LogP contribution in [-0.2, 0) is 0 Å². The molecule has 0 radical (unpaired) electrons. The van der Waals surface area contributed by atoms with Crippen molar-refractivity contribution in [1.82, 2.24) is 4.90 Å². The molecule has 15 heavy (non-hydrogen) atoms. The molecule has 0 unspecified atom stereocenters. The second-order valence-corrected chi connectivity index (χ2v) is 4.91. The Labute approximate surface area is 94.8 Å². The predicted molar refractivity (Wildman–Crippen MR) is 67.7 cm³/mol. The van der Waals surface area contributed by atoms with E-state index in [1.807, 2.05) is 0 Å². The first kappa shape index (κ1) is 12.7. The zero-order chi connectivity index (χ0) is 11.1. The molecule has 0 bridgehead atoms. The van der Waals surface area contributed by atoms with Crippen LogP contribution in [0.15, 0.2) is 4.99 Å². The largest absolute Gasteiger partial charge is 0.306 e. The van der Waals surface area contributed by atoms with Gasteiger partial charge in [-0.05, 0) is 45.5 Å². The highest BCUT2D eigenvalue weighted by Crippen LogP contribution is 2.27. The van der Waals surface area contributed by atoms with Crippen LogP contribution < -0.4 is 0 Å². The van der Waals surface area contributed by atoms with Gasteiger partial charge in [-0.15, -0.1) is 0 Å². The van der Waals surface area contributed by atoms with Gasteiger partial charge < -0.3 is 4.90 Å². The number of rotatable bonds is 6. The first-order valence-electron chi connectivity index (χ1n) is 6.42. The Morgan fingerprint density at radius 2 is 2.07 bits per heavy atom. The van der Waals surface area contributed by atoms with E-state index in [2.05, 4.69) is 30.6 Å². The summed E-state index contributed by atoms with van der Waals surface area (Å²) < 4.78 is 0. The molecule has 0 aromatic rings. The molecule has 1 fully saturated rings. The molecule has 2 heteroatoms. The lowest BCUT2D eigenvalue weighted by Gasteiger charge is -2.31. The minimum atomic E-state index is 0.530. The van der Waals surface area contributed by atoms with Crippen molar-refractivity contribution in [3.63, 3.8) is 0 Å². The molecule has 88 valence electrons. The number of aliphatic imine (C=N–C) groups is 1. The summed E-state index contributed by atoms with van der Waals surface area (Å²) in [5.74, 6) is 0.762. The summed E-state index contributed by atoms with van der Waals surface area (Å²) in [5.41, 5.74) is 0. The topological polar surface area (TPSA) is 15.6 Å². The second-order valence-electron chi connectivity index (χ2n) is 4.91. The quantitative estimate of drug-likeness (QED) is 0.615. The highest BCUT2D eigenvalue weighted by atomic mass is 15.1. The first-order valence-corrected chi connectivity index (χ1v) is 6.42. The van der Waals surface area contributed by atoms with E-state index >= 15 is 0 Å². The normalized spacial score (nSPS) is 26.9. The fraction of sp³-hybridized carbons (Fsp3) is 0.923. The maximum Gasteiger partial charge on any atom is 0.0532 e. The van der Waals surface area contributed by atoms with Crippen LogP contribution >= 0.6 is 0 Å². The summed E-state index contributed by atoms with van der Waals surface area (Å²) in [7, 11) is 2.24. The Balaban J connectivity index is 2.30. The van der Waals surface area contributed by atoms with Gasteiger partial charge in [0.05, 0.1) is 6.04 Å². The third-order valence-electron chi connectivity index (χ3n) is 3.54. The van der Waals surface area contributed by atoms with Gasteiger partial charge in [-0.3, -0.25) is 4.99 Å². The van der Waals surface area contributed by atoms with Crippen LogP contribution in [0.3, 0.4) is 0 Å². The van der Waals surface area contributed by atoms with E-state index < -0.39 is 0 Å². The number of hydrogen-bond acceptors (Lipinski definition) is 2. The Kier molecular flexibility index (Phi) is 5.92. The molecule has 0 aromatic heterocycles. The molecule has 0 aromatic carbocycles. The fourth-order valence-electron chi connectivity index (χ4n) is 2.56. The van der Waals surface area contributed by atoms with E-state index in [9.17, 15) is 0 Å². The third-order valence-corrected chi connectivity index (χ3v) is 3.54. The first-order chi connectivity index (χ1) is 7.27. The lowest BCUT2D eigenvalue weighted by molar-refractivity contribution is 0.211. The third kappa shape index (κ3) is 4.33. The average molecular weight is 210 g/mol. The Hall–Kier alpha value is -0.370. The molecular weight excluding hydrogens is 184 g/mol. The van der Waals surface area contributed by atoms with Crippen molar-refractivity contribution < 1.29 is 0 Å². The van der Waals surface area contributed by atoms with Crippen LogP contribution in [0.25, 0.3) is 0 Å². The lowest BCUT2D eigenvalue weighted by Crippen LogP contribution is -2.34. The van der Waals surface area contributed by atoms with Crippen molar-refractivity contribution in [2.24, 2.45) is 10.9 Å². The van der Waals surface area contributed by atoms with E-state index in [0.717, 1.165) is 5.92 Å². The average Bonchev–Trinajstić information content (AvgIpc) is 2.27. The second kappa shape index (κ2) is 7.00. The van der Waals surface area contributed by atoms with E-state index in [4.69, 9.17) is 0 Å². The smallest absolute Gasteiger partial charge is 0.0532 e. The molecule has 1 aliphatic rings. The molecule has 1 saturated carbocycles. The molecule has 0 spiro atoms. The van der Waals surface area contributed by atoms with Crippen LogP contribution in [0.2, 0.25) is 0 Å². The van der Waals surface area contributed by atoms with Gasteiger partial charge in [0.25, 0.3) is 0 Å². The van der Waals surface area contributed by atoms with Crippen molar-refractivity contribution >= 4 is 6.72 Å². The minimum absolute atomic E-state index is 0.530. The molecule has 0 aliphatic heterocycles. The van der Waals surface area contributed by atoms with Gasteiger partial charge in [-0.25, -0.2) is 0 Å². The Morgan fingerprint density at radius 1 is 1.33 bits per heavy atom. The van der Waals surface area contributed by atoms with Gasteiger partial charge in [0.15, 0.2) is 0 Å². The van der Waals surface area contributed by atoms with Gasteiger partial charge in [0.2, 0.25) is 0 Å². The number of hydrogen-bond donors (Lipinski definition) is 0. The minimum Gasteiger partial charge on any atom is -0.306 e. The highest BCUT2D eigenvalue weighted by molar-refractivity contribution is 5.24. The summed E-state index contributed by atoms with van der Waals surface area (Å²) in [6.45, 7) is 8.43. The van der Waals surface area contributed by atoms with Crippen LogP contribution in [-0.4, -0.2) is 37.8 Å². The van der Waals surface area contributed by atoms with Crippen molar-refractivity contribution in [2.75, 3.05) is 20.1 Å². The maximum absolute atomic E-state index is 4.29. The van der Waals surface area contributed by atoms with Crippen molar-refractivity contribution in [3.8, 4) is 0 Å². The summed E-state index contributed by atoms with van der Waals surface area (Å²) in [6.07, 6.45) is 7.95. The Bertz CT molecular complexity index is 179. The lowest BCUT2D eigenvalue weighted by atomic mass is 9.84.